The molecule has 0 aliphatic carbocycles. The summed E-state index contributed by atoms with van der Waals surface area (Å²) in [4.78, 5) is 12.8. The van der Waals surface area contributed by atoms with Gasteiger partial charge >= 0.3 is 0 Å². The van der Waals surface area contributed by atoms with Crippen LogP contribution in [0.5, 0.6) is 0 Å². The van der Waals surface area contributed by atoms with Crippen molar-refractivity contribution in [3.05, 3.63) is 39.5 Å². The van der Waals surface area contributed by atoms with E-state index in [1.54, 1.807) is 7.11 Å². The number of carbonyl (C=O) groups excluding carboxylic acids is 1. The Morgan fingerprint density at radius 3 is 2.92 bits per heavy atom. The molecule has 1 aromatic carbocycles. The number of anilines is 1. The van der Waals surface area contributed by atoms with Crippen molar-refractivity contribution in [3.8, 4) is 0 Å². The van der Waals surface area contributed by atoms with Crippen LogP contribution < -0.4 is 5.32 Å². The Morgan fingerprint density at radius 2 is 2.21 bits per heavy atom. The van der Waals surface area contributed by atoms with Crippen LogP contribution in [0.4, 0.5) is 5.13 Å². The van der Waals surface area contributed by atoms with Gasteiger partial charge in [0, 0.05) is 29.6 Å². The largest absolute Gasteiger partial charge is 0.377 e. The van der Waals surface area contributed by atoms with Gasteiger partial charge in [0.15, 0.2) is 0 Å². The average molecular weight is 365 g/mol. The molecule has 0 aliphatic rings. The first-order chi connectivity index (χ1) is 11.5. The molecule has 0 saturated carbocycles. The maximum atomic E-state index is 12.8. The second kappa shape index (κ2) is 6.88. The van der Waals surface area contributed by atoms with E-state index in [9.17, 15) is 4.79 Å². The number of fused-ring (bicyclic) bond motifs is 1. The highest BCUT2D eigenvalue weighted by molar-refractivity contribution is 7.15. The highest BCUT2D eigenvalue weighted by Crippen LogP contribution is 2.29. The molecular formula is C16H17ClN4O2S. The van der Waals surface area contributed by atoms with Crippen molar-refractivity contribution >= 4 is 44.9 Å². The standard InChI is InChI=1S/C16H17ClN4O2S/c1-4-21-12-6-5-10(17)7-11(12)9(2)14(21)15(22)18-16-20-19-13(24-16)8-23-3/h5-7H,4,8H2,1-3H3,(H,18,20,22). The van der Waals surface area contributed by atoms with Gasteiger partial charge < -0.3 is 9.30 Å². The molecule has 2 aromatic heterocycles. The number of nitrogens with one attached hydrogen (secondary N) is 1. The van der Waals surface area contributed by atoms with Crippen LogP contribution in [0.15, 0.2) is 18.2 Å². The topological polar surface area (TPSA) is 69.0 Å². The third kappa shape index (κ3) is 3.02. The zero-order valence-corrected chi connectivity index (χ0v) is 15.2. The smallest absolute Gasteiger partial charge is 0.274 e. The molecule has 0 radical (unpaired) electrons. The quantitative estimate of drug-likeness (QED) is 0.746. The van der Waals surface area contributed by atoms with E-state index in [0.29, 0.717) is 34.0 Å². The van der Waals surface area contributed by atoms with Gasteiger partial charge in [-0.2, -0.15) is 0 Å². The van der Waals surface area contributed by atoms with Crippen LogP contribution in [0.1, 0.15) is 28.0 Å². The van der Waals surface area contributed by atoms with E-state index in [1.807, 2.05) is 36.6 Å². The SMILES string of the molecule is CCn1c(C(=O)Nc2nnc(COC)s2)c(C)c2cc(Cl)ccc21. The van der Waals surface area contributed by atoms with Gasteiger partial charge in [-0.25, -0.2) is 0 Å². The van der Waals surface area contributed by atoms with Gasteiger partial charge in [-0.1, -0.05) is 22.9 Å². The second-order valence-electron chi connectivity index (χ2n) is 5.27. The predicted octanol–water partition coefficient (Wildman–Crippen LogP) is 3.87. The number of aryl methyl sites for hydroxylation is 2. The number of hydrogen-bond donors (Lipinski definition) is 1. The van der Waals surface area contributed by atoms with Gasteiger partial charge in [0.2, 0.25) is 5.13 Å². The summed E-state index contributed by atoms with van der Waals surface area (Å²) in [6.07, 6.45) is 0. The van der Waals surface area contributed by atoms with E-state index in [-0.39, 0.29) is 5.91 Å². The Labute approximate surface area is 148 Å². The molecule has 1 amide bonds. The molecule has 1 N–H and O–H groups in total. The van der Waals surface area contributed by atoms with Crippen LogP contribution in [0.2, 0.25) is 5.02 Å². The zero-order valence-electron chi connectivity index (χ0n) is 13.6. The van der Waals surface area contributed by atoms with E-state index in [2.05, 4.69) is 15.5 Å². The number of hydrogen-bond acceptors (Lipinski definition) is 5. The first kappa shape index (κ1) is 16.9. The third-order valence-corrected chi connectivity index (χ3v) is 4.81. The Bertz CT molecular complexity index is 903. The molecule has 0 aliphatic heterocycles. The summed E-state index contributed by atoms with van der Waals surface area (Å²) in [6, 6.07) is 5.66. The Morgan fingerprint density at radius 1 is 1.42 bits per heavy atom. The summed E-state index contributed by atoms with van der Waals surface area (Å²) in [5.41, 5.74) is 2.49. The summed E-state index contributed by atoms with van der Waals surface area (Å²) in [5.74, 6) is -0.207. The number of halogens is 1. The second-order valence-corrected chi connectivity index (χ2v) is 6.77. The van der Waals surface area contributed by atoms with Crippen molar-refractivity contribution in [1.82, 2.24) is 14.8 Å². The molecule has 126 valence electrons. The lowest BCUT2D eigenvalue weighted by atomic mass is 10.1. The molecule has 0 fully saturated rings. The van der Waals surface area contributed by atoms with Crippen molar-refractivity contribution in [3.63, 3.8) is 0 Å². The van der Waals surface area contributed by atoms with Gasteiger partial charge in [0.25, 0.3) is 5.91 Å². The van der Waals surface area contributed by atoms with E-state index in [0.717, 1.165) is 16.5 Å². The summed E-state index contributed by atoms with van der Waals surface area (Å²) in [6.45, 7) is 4.99. The maximum absolute atomic E-state index is 12.8. The third-order valence-electron chi connectivity index (χ3n) is 3.76. The van der Waals surface area contributed by atoms with Crippen LogP contribution in [-0.4, -0.2) is 27.8 Å². The molecule has 0 saturated heterocycles. The number of nitrogens with zero attached hydrogens (tertiary/aromatic N) is 3. The zero-order chi connectivity index (χ0) is 17.3. The molecule has 8 heteroatoms. The lowest BCUT2D eigenvalue weighted by Crippen LogP contribution is -2.17. The van der Waals surface area contributed by atoms with Gasteiger partial charge in [0.05, 0.1) is 0 Å². The van der Waals surface area contributed by atoms with Crippen LogP contribution in [0.3, 0.4) is 0 Å². The Hall–Kier alpha value is -1.96. The number of benzene rings is 1. The van der Waals surface area contributed by atoms with Crippen molar-refractivity contribution < 1.29 is 9.53 Å². The van der Waals surface area contributed by atoms with Crippen molar-refractivity contribution in [1.29, 1.82) is 0 Å². The molecule has 0 atom stereocenters. The fraction of sp³-hybridized carbons (Fsp3) is 0.312. The first-order valence-electron chi connectivity index (χ1n) is 7.46. The highest BCUT2D eigenvalue weighted by Gasteiger charge is 2.21. The Balaban J connectivity index is 1.98. The number of aromatic nitrogens is 3. The number of ether oxygens (including phenoxy) is 1. The van der Waals surface area contributed by atoms with E-state index in [4.69, 9.17) is 16.3 Å². The van der Waals surface area contributed by atoms with E-state index < -0.39 is 0 Å². The van der Waals surface area contributed by atoms with Gasteiger partial charge in [-0.3, -0.25) is 10.1 Å². The lowest BCUT2D eigenvalue weighted by Gasteiger charge is -2.08. The number of methoxy groups -OCH3 is 1. The minimum Gasteiger partial charge on any atom is -0.377 e. The molecule has 24 heavy (non-hydrogen) atoms. The van der Waals surface area contributed by atoms with Crippen molar-refractivity contribution in [2.75, 3.05) is 12.4 Å². The minimum atomic E-state index is -0.207. The van der Waals surface area contributed by atoms with E-state index >= 15 is 0 Å². The fourth-order valence-electron chi connectivity index (χ4n) is 2.76. The van der Waals surface area contributed by atoms with Crippen LogP contribution in [0, 0.1) is 6.92 Å². The summed E-state index contributed by atoms with van der Waals surface area (Å²) in [5, 5.41) is 13.6. The number of carbonyl (C=O) groups is 1. The van der Waals surface area contributed by atoms with Crippen LogP contribution in [0.25, 0.3) is 10.9 Å². The summed E-state index contributed by atoms with van der Waals surface area (Å²) in [7, 11) is 1.59. The minimum absolute atomic E-state index is 0.207. The average Bonchev–Trinajstić information content (AvgIpc) is 3.10. The molecule has 0 spiro atoms. The number of amides is 1. The van der Waals surface area contributed by atoms with Crippen molar-refractivity contribution in [2.45, 2.75) is 27.0 Å². The van der Waals surface area contributed by atoms with Crippen LogP contribution in [-0.2, 0) is 17.9 Å². The number of rotatable bonds is 5. The predicted molar refractivity (Wildman–Crippen MR) is 95.9 cm³/mol. The van der Waals surface area contributed by atoms with Gasteiger partial charge in [-0.05, 0) is 37.6 Å². The molecule has 3 rings (SSSR count). The molecular weight excluding hydrogens is 348 g/mol. The maximum Gasteiger partial charge on any atom is 0.274 e. The normalized spacial score (nSPS) is 11.2. The lowest BCUT2D eigenvalue weighted by molar-refractivity contribution is 0.101. The summed E-state index contributed by atoms with van der Waals surface area (Å²) < 4.78 is 7.00. The molecule has 0 unspecified atom stereocenters. The van der Waals surface area contributed by atoms with Crippen LogP contribution >= 0.6 is 22.9 Å². The molecule has 3 aromatic rings. The van der Waals surface area contributed by atoms with E-state index in [1.165, 1.54) is 11.3 Å². The van der Waals surface area contributed by atoms with Crippen molar-refractivity contribution in [2.24, 2.45) is 0 Å². The summed E-state index contributed by atoms with van der Waals surface area (Å²) >= 11 is 7.40. The molecule has 6 nitrogen and oxygen atoms in total. The monoisotopic (exact) mass is 364 g/mol. The molecule has 2 heterocycles. The Kier molecular flexibility index (Phi) is 4.84. The highest BCUT2D eigenvalue weighted by atomic mass is 35.5. The van der Waals surface area contributed by atoms with Gasteiger partial charge in [-0.15, -0.1) is 10.2 Å². The van der Waals surface area contributed by atoms with Gasteiger partial charge in [0.1, 0.15) is 17.3 Å². The first-order valence-corrected chi connectivity index (χ1v) is 8.65. The molecule has 0 bridgehead atoms. The fourth-order valence-corrected chi connectivity index (χ4v) is 3.64.